The minimum absolute atomic E-state index is 1.02. The molecule has 1 heteroatoms. The Morgan fingerprint density at radius 1 is 1.17 bits per heavy atom. The zero-order valence-electron chi connectivity index (χ0n) is 4.73. The molecule has 0 nitrogen and oxygen atoms in total. The molecular weight excluding hydrogens is 70.9 g/mol. The van der Waals surface area contributed by atoms with Crippen LogP contribution in [0.1, 0.15) is 13.8 Å². The van der Waals surface area contributed by atoms with Gasteiger partial charge >= 0.3 is 0 Å². The van der Waals surface area contributed by atoms with E-state index in [1.54, 1.807) is 0 Å². The Hall–Kier alpha value is 0.0649. The van der Waals surface area contributed by atoms with E-state index in [1.807, 2.05) is 0 Å². The molecule has 34 valence electrons. The van der Waals surface area contributed by atoms with Crippen molar-refractivity contribution in [1.29, 1.82) is 0 Å². The van der Waals surface area contributed by atoms with E-state index >= 15 is 0 Å². The summed E-state index contributed by atoms with van der Waals surface area (Å²) in [6, 6.07) is 0. The summed E-state index contributed by atoms with van der Waals surface area (Å²) in [6.07, 6.45) is 0. The standard InChI is InChI=1S/C5H11B/c1-4-5(2)6(4)3/h4-5H,1-3H3. The molecule has 2 unspecified atom stereocenters. The molecule has 1 fully saturated rings. The Morgan fingerprint density at radius 3 is 1.33 bits per heavy atom. The Bertz CT molecular complexity index is 40.7. The monoisotopic (exact) mass is 82.1 g/mol. The van der Waals surface area contributed by atoms with Crippen molar-refractivity contribution in [2.24, 2.45) is 0 Å². The van der Waals surface area contributed by atoms with Crippen LogP contribution in [0, 0.1) is 0 Å². The molecule has 0 saturated carbocycles. The highest BCUT2D eigenvalue weighted by Crippen LogP contribution is 2.48. The summed E-state index contributed by atoms with van der Waals surface area (Å²) in [7, 11) is 0. The van der Waals surface area contributed by atoms with E-state index in [9.17, 15) is 0 Å². The fourth-order valence-electron chi connectivity index (χ4n) is 0.911. The molecule has 0 aliphatic carbocycles. The smallest absolute Gasteiger partial charge is 0.0857 e. The van der Waals surface area contributed by atoms with E-state index < -0.39 is 0 Å². The van der Waals surface area contributed by atoms with Crippen molar-refractivity contribution in [3.8, 4) is 0 Å². The molecular formula is C5H11B. The van der Waals surface area contributed by atoms with Gasteiger partial charge in [-0.15, -0.1) is 0 Å². The van der Waals surface area contributed by atoms with Gasteiger partial charge in [-0.3, -0.25) is 0 Å². The molecule has 2 atom stereocenters. The highest BCUT2D eigenvalue weighted by atomic mass is 14.2. The highest BCUT2D eigenvalue weighted by molar-refractivity contribution is 6.72. The van der Waals surface area contributed by atoms with Crippen LogP contribution in [-0.4, -0.2) is 6.71 Å². The number of hydrogen-bond donors (Lipinski definition) is 0. The van der Waals surface area contributed by atoms with Gasteiger partial charge in [0.05, 0.1) is 0 Å². The van der Waals surface area contributed by atoms with Crippen molar-refractivity contribution >= 4 is 6.71 Å². The molecule has 1 aliphatic heterocycles. The lowest BCUT2D eigenvalue weighted by atomic mass is 9.69. The minimum atomic E-state index is 1.02. The molecule has 0 aromatic carbocycles. The summed E-state index contributed by atoms with van der Waals surface area (Å²) in [6.45, 7) is 7.96. The minimum Gasteiger partial charge on any atom is -0.0857 e. The lowest BCUT2D eigenvalue weighted by Crippen LogP contribution is -1.73. The first-order valence-electron chi connectivity index (χ1n) is 2.73. The first kappa shape index (κ1) is 4.23. The number of rotatable bonds is 0. The molecule has 1 saturated heterocycles. The Kier molecular flexibility index (Phi) is 0.718. The van der Waals surface area contributed by atoms with Gasteiger partial charge < -0.3 is 0 Å². The molecule has 1 aliphatic rings. The number of hydrogen-bond acceptors (Lipinski definition) is 0. The Morgan fingerprint density at radius 2 is 1.33 bits per heavy atom. The summed E-state index contributed by atoms with van der Waals surface area (Å²) in [5, 5.41) is 0. The average molecular weight is 82.0 g/mol. The van der Waals surface area contributed by atoms with Crippen LogP contribution in [0.4, 0.5) is 0 Å². The maximum Gasteiger partial charge on any atom is 0.141 e. The van der Waals surface area contributed by atoms with Crippen molar-refractivity contribution < 1.29 is 0 Å². The van der Waals surface area contributed by atoms with Crippen LogP contribution in [0.3, 0.4) is 0 Å². The van der Waals surface area contributed by atoms with Crippen LogP contribution >= 0.6 is 0 Å². The van der Waals surface area contributed by atoms with Gasteiger partial charge in [-0.25, -0.2) is 0 Å². The fourth-order valence-corrected chi connectivity index (χ4v) is 0.911. The topological polar surface area (TPSA) is 0 Å². The average Bonchev–Trinajstić information content (AvgIpc) is 1.94. The second-order valence-corrected chi connectivity index (χ2v) is 2.58. The molecule has 0 spiro atoms. The third-order valence-corrected chi connectivity index (χ3v) is 2.35. The third kappa shape index (κ3) is 0.377. The van der Waals surface area contributed by atoms with Gasteiger partial charge in [-0.1, -0.05) is 32.3 Å². The van der Waals surface area contributed by atoms with Gasteiger partial charge in [0.25, 0.3) is 0 Å². The van der Waals surface area contributed by atoms with Crippen LogP contribution in [0.15, 0.2) is 0 Å². The van der Waals surface area contributed by atoms with Crippen molar-refractivity contribution in [3.05, 3.63) is 0 Å². The zero-order valence-corrected chi connectivity index (χ0v) is 4.73. The van der Waals surface area contributed by atoms with Crippen LogP contribution in [0.2, 0.25) is 18.5 Å². The van der Waals surface area contributed by atoms with E-state index in [4.69, 9.17) is 0 Å². The summed E-state index contributed by atoms with van der Waals surface area (Å²) in [4.78, 5) is 0. The van der Waals surface area contributed by atoms with Crippen molar-refractivity contribution in [3.63, 3.8) is 0 Å². The van der Waals surface area contributed by atoms with Gasteiger partial charge in [0.15, 0.2) is 0 Å². The van der Waals surface area contributed by atoms with Gasteiger partial charge in [0, 0.05) is 0 Å². The highest BCUT2D eigenvalue weighted by Gasteiger charge is 2.41. The summed E-state index contributed by atoms with van der Waals surface area (Å²) >= 11 is 0. The molecule has 1 rings (SSSR count). The first-order chi connectivity index (χ1) is 2.73. The lowest BCUT2D eigenvalue weighted by Gasteiger charge is -1.69. The second kappa shape index (κ2) is 1.02. The van der Waals surface area contributed by atoms with E-state index in [-0.39, 0.29) is 0 Å². The Labute approximate surface area is 40.0 Å². The normalized spacial score (nSPS) is 43.5. The molecule has 0 bridgehead atoms. The van der Waals surface area contributed by atoms with Gasteiger partial charge in [-0.05, 0) is 0 Å². The molecule has 0 N–H and O–H groups in total. The summed E-state index contributed by atoms with van der Waals surface area (Å²) < 4.78 is 0. The molecule has 1 heterocycles. The lowest BCUT2D eigenvalue weighted by molar-refractivity contribution is 1.02. The largest absolute Gasteiger partial charge is 0.141 e. The molecule has 0 aromatic heterocycles. The van der Waals surface area contributed by atoms with E-state index in [1.165, 1.54) is 0 Å². The summed E-state index contributed by atoms with van der Waals surface area (Å²) in [5.74, 6) is 2.04. The fraction of sp³-hybridized carbons (Fsp3) is 1.00. The zero-order chi connectivity index (χ0) is 4.73. The molecule has 0 radical (unpaired) electrons. The van der Waals surface area contributed by atoms with Crippen LogP contribution in [0.5, 0.6) is 0 Å². The van der Waals surface area contributed by atoms with Crippen LogP contribution in [0.25, 0.3) is 0 Å². The predicted molar refractivity (Wildman–Crippen MR) is 30.5 cm³/mol. The van der Waals surface area contributed by atoms with Crippen molar-refractivity contribution in [2.75, 3.05) is 0 Å². The quantitative estimate of drug-likeness (QED) is 0.391. The van der Waals surface area contributed by atoms with Crippen LogP contribution < -0.4 is 0 Å². The van der Waals surface area contributed by atoms with Crippen molar-refractivity contribution in [2.45, 2.75) is 32.3 Å². The van der Waals surface area contributed by atoms with E-state index in [2.05, 4.69) is 20.7 Å². The van der Waals surface area contributed by atoms with Crippen molar-refractivity contribution in [1.82, 2.24) is 0 Å². The first-order valence-corrected chi connectivity index (χ1v) is 2.73. The van der Waals surface area contributed by atoms with E-state index in [0.717, 1.165) is 18.3 Å². The van der Waals surface area contributed by atoms with Gasteiger partial charge in [0.1, 0.15) is 6.71 Å². The molecule has 0 amide bonds. The Balaban J connectivity index is 2.31. The molecule has 0 aromatic rings. The summed E-state index contributed by atoms with van der Waals surface area (Å²) in [5.41, 5.74) is 0. The SMILES string of the molecule is CB1C(C)C1C. The van der Waals surface area contributed by atoms with Gasteiger partial charge in [-0.2, -0.15) is 0 Å². The third-order valence-electron chi connectivity index (χ3n) is 2.35. The predicted octanol–water partition coefficient (Wildman–Crippen LogP) is 1.90. The second-order valence-electron chi connectivity index (χ2n) is 2.58. The van der Waals surface area contributed by atoms with Gasteiger partial charge in [0.2, 0.25) is 0 Å². The maximum atomic E-state index is 2.31. The van der Waals surface area contributed by atoms with Crippen LogP contribution in [-0.2, 0) is 0 Å². The van der Waals surface area contributed by atoms with E-state index in [0.29, 0.717) is 0 Å². The maximum absolute atomic E-state index is 2.31. The molecule has 6 heavy (non-hydrogen) atoms.